The van der Waals surface area contributed by atoms with E-state index in [1.54, 1.807) is 0 Å². The maximum atomic E-state index is 13.4. The van der Waals surface area contributed by atoms with E-state index in [0.717, 1.165) is 29.9 Å². The molecule has 39 heavy (non-hydrogen) atoms. The fraction of sp³-hybridized carbons (Fsp3) is 0.367. The van der Waals surface area contributed by atoms with Crippen LogP contribution in [0.1, 0.15) is 63.7 Å². The summed E-state index contributed by atoms with van der Waals surface area (Å²) >= 11 is 0. The summed E-state index contributed by atoms with van der Waals surface area (Å²) in [7, 11) is 0. The van der Waals surface area contributed by atoms with Crippen LogP contribution in [0.3, 0.4) is 0 Å². The van der Waals surface area contributed by atoms with Gasteiger partial charge in [-0.05, 0) is 66.6 Å². The first kappa shape index (κ1) is 27.1. The second-order valence-electron chi connectivity index (χ2n) is 10.2. The van der Waals surface area contributed by atoms with Crippen molar-refractivity contribution in [3.05, 3.63) is 101 Å². The molecule has 2 aliphatic rings. The van der Waals surface area contributed by atoms with E-state index in [9.17, 15) is 31.1 Å². The molecular weight excluding hydrogens is 518 g/mol. The molecule has 2 fully saturated rings. The van der Waals surface area contributed by atoms with E-state index in [0.29, 0.717) is 18.6 Å². The van der Waals surface area contributed by atoms with Crippen LogP contribution in [-0.2, 0) is 12.4 Å². The van der Waals surface area contributed by atoms with Gasteiger partial charge in [-0.25, -0.2) is 0 Å². The number of alkyl halides is 6. The van der Waals surface area contributed by atoms with Crippen LogP contribution >= 0.6 is 0 Å². The lowest BCUT2D eigenvalue weighted by atomic mass is 9.76. The van der Waals surface area contributed by atoms with Crippen LogP contribution < -0.4 is 4.90 Å². The van der Waals surface area contributed by atoms with Gasteiger partial charge in [0.2, 0.25) is 0 Å². The van der Waals surface area contributed by atoms with E-state index in [1.807, 2.05) is 30.3 Å². The van der Waals surface area contributed by atoms with Gasteiger partial charge in [-0.3, -0.25) is 4.79 Å². The molecule has 2 aliphatic heterocycles. The van der Waals surface area contributed by atoms with Gasteiger partial charge in [0.05, 0.1) is 11.1 Å². The third-order valence-corrected chi connectivity index (χ3v) is 7.75. The summed E-state index contributed by atoms with van der Waals surface area (Å²) in [5.41, 5.74) is -0.384. The first-order chi connectivity index (χ1) is 18.5. The normalized spacial score (nSPS) is 20.4. The summed E-state index contributed by atoms with van der Waals surface area (Å²) in [5.74, 6) is -0.971. The first-order valence-corrected chi connectivity index (χ1v) is 13.0. The molecule has 2 heterocycles. The van der Waals surface area contributed by atoms with Gasteiger partial charge in [0, 0.05) is 43.3 Å². The van der Waals surface area contributed by atoms with Crippen LogP contribution in [0.2, 0.25) is 0 Å². The molecule has 0 bridgehead atoms. The number of carbonyl (C=O) groups is 1. The van der Waals surface area contributed by atoms with Crippen LogP contribution in [0.15, 0.2) is 72.8 Å². The number of benzene rings is 3. The molecule has 206 valence electrons. The number of nitrogens with zero attached hydrogens (tertiary/aromatic N) is 2. The van der Waals surface area contributed by atoms with Crippen molar-refractivity contribution in [2.75, 3.05) is 31.1 Å². The van der Waals surface area contributed by atoms with Crippen LogP contribution in [0, 0.1) is 0 Å². The molecule has 0 N–H and O–H groups in total. The van der Waals surface area contributed by atoms with Crippen molar-refractivity contribution in [2.24, 2.45) is 0 Å². The van der Waals surface area contributed by atoms with Crippen LogP contribution in [0.4, 0.5) is 32.0 Å². The van der Waals surface area contributed by atoms with Crippen molar-refractivity contribution in [1.82, 2.24) is 4.90 Å². The molecule has 9 heteroatoms. The SMILES string of the molecule is O=C(c1cc(C(F)(F)F)cc(C(F)(F)F)c1)N1CC[C@H](c2ccc(N3CCCC3)cc2)[C@H](c2ccccc2)C1. The van der Waals surface area contributed by atoms with Gasteiger partial charge >= 0.3 is 12.4 Å². The predicted molar refractivity (Wildman–Crippen MR) is 137 cm³/mol. The monoisotopic (exact) mass is 546 g/mol. The molecule has 5 rings (SSSR count). The fourth-order valence-corrected chi connectivity index (χ4v) is 5.74. The number of carbonyl (C=O) groups excluding carboxylic acids is 1. The highest BCUT2D eigenvalue weighted by atomic mass is 19.4. The quantitative estimate of drug-likeness (QED) is 0.313. The zero-order valence-electron chi connectivity index (χ0n) is 21.1. The number of amides is 1. The molecule has 3 nitrogen and oxygen atoms in total. The topological polar surface area (TPSA) is 23.6 Å². The van der Waals surface area contributed by atoms with Crippen LogP contribution in [-0.4, -0.2) is 37.0 Å². The average molecular weight is 547 g/mol. The lowest BCUT2D eigenvalue weighted by Gasteiger charge is -2.39. The zero-order chi connectivity index (χ0) is 27.8. The third-order valence-electron chi connectivity index (χ3n) is 7.75. The molecule has 1 amide bonds. The number of hydrogen-bond donors (Lipinski definition) is 0. The number of hydrogen-bond acceptors (Lipinski definition) is 2. The highest BCUT2D eigenvalue weighted by Crippen LogP contribution is 2.42. The summed E-state index contributed by atoms with van der Waals surface area (Å²) in [6.45, 7) is 2.45. The Bertz CT molecular complexity index is 1270. The number of piperidine rings is 1. The second kappa shape index (κ2) is 10.6. The van der Waals surface area contributed by atoms with E-state index in [2.05, 4.69) is 29.2 Å². The molecule has 0 spiro atoms. The van der Waals surface area contributed by atoms with Crippen molar-refractivity contribution >= 4 is 11.6 Å². The summed E-state index contributed by atoms with van der Waals surface area (Å²) in [5, 5.41) is 0. The number of rotatable bonds is 4. The minimum absolute atomic E-state index is 0.0383. The Hall–Kier alpha value is -3.49. The standard InChI is InChI=1S/C30H28F6N2O/c31-29(32,33)23-16-22(17-24(18-23)30(34,35)36)28(39)38-15-12-26(27(19-38)20-6-2-1-3-7-20)21-8-10-25(11-9-21)37-13-4-5-14-37/h1-3,6-11,16-18,26-27H,4-5,12-15,19H2/t26-,27+/m1/s1. The Morgan fingerprint density at radius 1 is 0.692 bits per heavy atom. The van der Waals surface area contributed by atoms with Crippen LogP contribution in [0.5, 0.6) is 0 Å². The van der Waals surface area contributed by atoms with Crippen molar-refractivity contribution in [2.45, 2.75) is 43.5 Å². The average Bonchev–Trinajstić information content (AvgIpc) is 3.47. The first-order valence-electron chi connectivity index (χ1n) is 13.0. The van der Waals surface area contributed by atoms with Gasteiger partial charge in [0.15, 0.2) is 0 Å². The van der Waals surface area contributed by atoms with Gasteiger partial charge in [-0.15, -0.1) is 0 Å². The summed E-state index contributed by atoms with van der Waals surface area (Å²) in [4.78, 5) is 17.1. The van der Waals surface area contributed by atoms with Gasteiger partial charge in [-0.1, -0.05) is 42.5 Å². The number of likely N-dealkylation sites (tertiary alicyclic amines) is 1. The molecule has 0 unspecified atom stereocenters. The molecule has 0 aromatic heterocycles. The van der Waals surface area contributed by atoms with Crippen molar-refractivity contribution < 1.29 is 31.1 Å². The van der Waals surface area contributed by atoms with E-state index < -0.39 is 35.0 Å². The molecule has 0 aliphatic carbocycles. The molecule has 0 radical (unpaired) electrons. The van der Waals surface area contributed by atoms with E-state index in [1.165, 1.54) is 17.7 Å². The summed E-state index contributed by atoms with van der Waals surface area (Å²) < 4.78 is 80.4. The molecule has 2 saturated heterocycles. The minimum Gasteiger partial charge on any atom is -0.372 e. The molecule has 2 atom stereocenters. The van der Waals surface area contributed by atoms with Gasteiger partial charge in [0.1, 0.15) is 0 Å². The van der Waals surface area contributed by atoms with Gasteiger partial charge < -0.3 is 9.80 Å². The Morgan fingerprint density at radius 2 is 1.26 bits per heavy atom. The minimum atomic E-state index is -5.02. The largest absolute Gasteiger partial charge is 0.416 e. The molecule has 3 aromatic rings. The molecule has 0 saturated carbocycles. The zero-order valence-corrected chi connectivity index (χ0v) is 21.1. The van der Waals surface area contributed by atoms with Gasteiger partial charge in [-0.2, -0.15) is 26.3 Å². The second-order valence-corrected chi connectivity index (χ2v) is 10.2. The lowest BCUT2D eigenvalue weighted by Crippen LogP contribution is -2.42. The van der Waals surface area contributed by atoms with E-state index >= 15 is 0 Å². The number of halogens is 6. The van der Waals surface area contributed by atoms with Gasteiger partial charge in [0.25, 0.3) is 5.91 Å². The highest BCUT2D eigenvalue weighted by Gasteiger charge is 2.39. The fourth-order valence-electron chi connectivity index (χ4n) is 5.74. The molecular formula is C30H28F6N2O. The highest BCUT2D eigenvalue weighted by molar-refractivity contribution is 5.95. The summed E-state index contributed by atoms with van der Waals surface area (Å²) in [6.07, 6.45) is -7.17. The third kappa shape index (κ3) is 5.92. The maximum absolute atomic E-state index is 13.4. The maximum Gasteiger partial charge on any atom is 0.416 e. The predicted octanol–water partition coefficient (Wildman–Crippen LogP) is 7.74. The van der Waals surface area contributed by atoms with E-state index in [4.69, 9.17) is 0 Å². The summed E-state index contributed by atoms with van der Waals surface area (Å²) in [6, 6.07) is 19.0. The van der Waals surface area contributed by atoms with E-state index in [-0.39, 0.29) is 31.0 Å². The van der Waals surface area contributed by atoms with Crippen molar-refractivity contribution in [1.29, 1.82) is 0 Å². The Balaban J connectivity index is 1.44. The Labute approximate surface area is 223 Å². The smallest absolute Gasteiger partial charge is 0.372 e. The number of anilines is 1. The molecule has 3 aromatic carbocycles. The van der Waals surface area contributed by atoms with Crippen molar-refractivity contribution in [3.63, 3.8) is 0 Å². The lowest BCUT2D eigenvalue weighted by molar-refractivity contribution is -0.143. The van der Waals surface area contributed by atoms with Crippen molar-refractivity contribution in [3.8, 4) is 0 Å². The Kier molecular flexibility index (Phi) is 7.35. The Morgan fingerprint density at radius 3 is 1.82 bits per heavy atom. The van der Waals surface area contributed by atoms with Crippen LogP contribution in [0.25, 0.3) is 0 Å².